The average Bonchev–Trinajstić information content (AvgIpc) is 2.30. The van der Waals surface area contributed by atoms with Gasteiger partial charge in [-0.15, -0.1) is 0 Å². The lowest BCUT2D eigenvalue weighted by Gasteiger charge is -2.10. The van der Waals surface area contributed by atoms with Crippen molar-refractivity contribution < 1.29 is 14.3 Å². The number of carbonyl (C=O) groups is 2. The summed E-state index contributed by atoms with van der Waals surface area (Å²) in [6, 6.07) is 6.86. The molecule has 5 nitrogen and oxygen atoms in total. The van der Waals surface area contributed by atoms with E-state index in [4.69, 9.17) is 4.74 Å². The largest absolute Gasteiger partial charge is 0.372 e. The number of hydrogen-bond donors (Lipinski definition) is 2. The number of amides is 2. The molecule has 5 heteroatoms. The molecule has 0 aromatic heterocycles. The standard InChI is InChI=1S/C12H16N2O3/c1-8(17-3)12(16)14-11-6-4-10(5-7-11)13-9(2)15/h4-8H,1-3H3,(H,13,15)(H,14,16). The van der Waals surface area contributed by atoms with Gasteiger partial charge in [0, 0.05) is 25.4 Å². The van der Waals surface area contributed by atoms with E-state index in [2.05, 4.69) is 10.6 Å². The van der Waals surface area contributed by atoms with Gasteiger partial charge < -0.3 is 15.4 Å². The van der Waals surface area contributed by atoms with Crippen molar-refractivity contribution in [2.45, 2.75) is 20.0 Å². The second-order valence-electron chi connectivity index (χ2n) is 3.63. The van der Waals surface area contributed by atoms with Gasteiger partial charge in [-0.2, -0.15) is 0 Å². The first kappa shape index (κ1) is 13.2. The van der Waals surface area contributed by atoms with Gasteiger partial charge in [0.15, 0.2) is 0 Å². The summed E-state index contributed by atoms with van der Waals surface area (Å²) in [5.41, 5.74) is 1.35. The van der Waals surface area contributed by atoms with Crippen LogP contribution in [0.25, 0.3) is 0 Å². The summed E-state index contributed by atoms with van der Waals surface area (Å²) in [5.74, 6) is -0.338. The molecule has 1 aromatic carbocycles. The Hall–Kier alpha value is -1.88. The van der Waals surface area contributed by atoms with E-state index in [1.165, 1.54) is 14.0 Å². The molecule has 17 heavy (non-hydrogen) atoms. The molecule has 1 aromatic rings. The molecule has 1 unspecified atom stereocenters. The van der Waals surface area contributed by atoms with Crippen molar-refractivity contribution in [1.29, 1.82) is 0 Å². The Morgan fingerprint density at radius 3 is 2.00 bits per heavy atom. The van der Waals surface area contributed by atoms with Crippen LogP contribution >= 0.6 is 0 Å². The van der Waals surface area contributed by atoms with E-state index in [9.17, 15) is 9.59 Å². The summed E-state index contributed by atoms with van der Waals surface area (Å²) in [5, 5.41) is 5.34. The Bertz CT molecular complexity index is 401. The first-order valence-corrected chi connectivity index (χ1v) is 5.24. The summed E-state index contributed by atoms with van der Waals surface area (Å²) < 4.78 is 4.89. The molecule has 2 amide bonds. The SMILES string of the molecule is COC(C)C(=O)Nc1ccc(NC(C)=O)cc1. The van der Waals surface area contributed by atoms with Crippen molar-refractivity contribution >= 4 is 23.2 Å². The quantitative estimate of drug-likeness (QED) is 0.834. The second kappa shape index (κ2) is 6.00. The van der Waals surface area contributed by atoms with E-state index in [-0.39, 0.29) is 11.8 Å². The first-order valence-electron chi connectivity index (χ1n) is 5.24. The zero-order chi connectivity index (χ0) is 12.8. The van der Waals surface area contributed by atoms with Gasteiger partial charge in [0.25, 0.3) is 5.91 Å². The normalized spacial score (nSPS) is 11.7. The molecular formula is C12H16N2O3. The minimum absolute atomic E-state index is 0.130. The van der Waals surface area contributed by atoms with Crippen molar-refractivity contribution in [2.24, 2.45) is 0 Å². The van der Waals surface area contributed by atoms with Gasteiger partial charge in [-0.05, 0) is 31.2 Å². The molecule has 0 bridgehead atoms. The van der Waals surface area contributed by atoms with Crippen molar-refractivity contribution in [3.05, 3.63) is 24.3 Å². The molecule has 0 saturated heterocycles. The summed E-state index contributed by atoms with van der Waals surface area (Å²) in [7, 11) is 1.48. The molecule has 0 saturated carbocycles. The molecule has 0 aliphatic heterocycles. The van der Waals surface area contributed by atoms with Gasteiger partial charge in [0.1, 0.15) is 6.10 Å². The molecule has 0 radical (unpaired) electrons. The summed E-state index contributed by atoms with van der Waals surface area (Å²) in [6.07, 6.45) is -0.495. The van der Waals surface area contributed by atoms with Crippen LogP contribution in [0.15, 0.2) is 24.3 Å². The zero-order valence-corrected chi connectivity index (χ0v) is 10.1. The molecule has 0 aliphatic carbocycles. The maximum absolute atomic E-state index is 11.5. The van der Waals surface area contributed by atoms with Gasteiger partial charge in [0.05, 0.1) is 0 Å². The van der Waals surface area contributed by atoms with E-state index < -0.39 is 6.10 Å². The number of rotatable bonds is 4. The van der Waals surface area contributed by atoms with Crippen LogP contribution in [0.2, 0.25) is 0 Å². The Morgan fingerprint density at radius 1 is 1.12 bits per heavy atom. The van der Waals surface area contributed by atoms with Crippen LogP contribution in [-0.4, -0.2) is 25.0 Å². The third-order valence-corrected chi connectivity index (χ3v) is 2.20. The maximum atomic E-state index is 11.5. The zero-order valence-electron chi connectivity index (χ0n) is 10.1. The van der Waals surface area contributed by atoms with Crippen molar-refractivity contribution in [3.63, 3.8) is 0 Å². The highest BCUT2D eigenvalue weighted by Gasteiger charge is 2.11. The van der Waals surface area contributed by atoms with E-state index in [1.807, 2.05) is 0 Å². The lowest BCUT2D eigenvalue weighted by atomic mass is 10.2. The Morgan fingerprint density at radius 2 is 1.59 bits per heavy atom. The number of benzene rings is 1. The minimum atomic E-state index is -0.495. The number of anilines is 2. The predicted molar refractivity (Wildman–Crippen MR) is 65.8 cm³/mol. The Labute approximate surface area is 100 Å². The number of methoxy groups -OCH3 is 1. The molecular weight excluding hydrogens is 220 g/mol. The number of hydrogen-bond acceptors (Lipinski definition) is 3. The minimum Gasteiger partial charge on any atom is -0.372 e. The Balaban J connectivity index is 2.62. The van der Waals surface area contributed by atoms with E-state index in [1.54, 1.807) is 31.2 Å². The van der Waals surface area contributed by atoms with Crippen LogP contribution in [0.5, 0.6) is 0 Å². The van der Waals surface area contributed by atoms with Gasteiger partial charge >= 0.3 is 0 Å². The summed E-state index contributed by atoms with van der Waals surface area (Å²) >= 11 is 0. The predicted octanol–water partition coefficient (Wildman–Crippen LogP) is 1.62. The van der Waals surface area contributed by atoms with E-state index in [0.717, 1.165) is 0 Å². The highest BCUT2D eigenvalue weighted by molar-refractivity contribution is 5.94. The third kappa shape index (κ3) is 4.24. The monoisotopic (exact) mass is 236 g/mol. The lowest BCUT2D eigenvalue weighted by Crippen LogP contribution is -2.26. The molecule has 1 rings (SSSR count). The highest BCUT2D eigenvalue weighted by Crippen LogP contribution is 2.13. The maximum Gasteiger partial charge on any atom is 0.253 e. The number of carbonyl (C=O) groups excluding carboxylic acids is 2. The fourth-order valence-electron chi connectivity index (χ4n) is 1.19. The van der Waals surface area contributed by atoms with Crippen molar-refractivity contribution in [3.8, 4) is 0 Å². The topological polar surface area (TPSA) is 67.4 Å². The van der Waals surface area contributed by atoms with Crippen LogP contribution < -0.4 is 10.6 Å². The summed E-state index contributed by atoms with van der Waals surface area (Å²) in [4.78, 5) is 22.3. The van der Waals surface area contributed by atoms with Gasteiger partial charge in [-0.3, -0.25) is 9.59 Å². The summed E-state index contributed by atoms with van der Waals surface area (Å²) in [6.45, 7) is 3.11. The third-order valence-electron chi connectivity index (χ3n) is 2.20. The Kier molecular flexibility index (Phi) is 4.66. The van der Waals surface area contributed by atoms with Crippen LogP contribution in [-0.2, 0) is 14.3 Å². The van der Waals surface area contributed by atoms with E-state index >= 15 is 0 Å². The second-order valence-corrected chi connectivity index (χ2v) is 3.63. The molecule has 92 valence electrons. The van der Waals surface area contributed by atoms with Gasteiger partial charge in [-0.1, -0.05) is 0 Å². The van der Waals surface area contributed by atoms with Gasteiger partial charge in [0.2, 0.25) is 5.91 Å². The molecule has 2 N–H and O–H groups in total. The lowest BCUT2D eigenvalue weighted by molar-refractivity contribution is -0.124. The number of nitrogens with one attached hydrogen (secondary N) is 2. The van der Waals surface area contributed by atoms with E-state index in [0.29, 0.717) is 11.4 Å². The van der Waals surface area contributed by atoms with Crippen molar-refractivity contribution in [2.75, 3.05) is 17.7 Å². The molecule has 0 fully saturated rings. The molecule has 0 aliphatic rings. The van der Waals surface area contributed by atoms with Crippen molar-refractivity contribution in [1.82, 2.24) is 0 Å². The smallest absolute Gasteiger partial charge is 0.253 e. The molecule has 1 atom stereocenters. The van der Waals surface area contributed by atoms with Gasteiger partial charge in [-0.25, -0.2) is 0 Å². The highest BCUT2D eigenvalue weighted by atomic mass is 16.5. The number of ether oxygens (including phenoxy) is 1. The molecule has 0 spiro atoms. The van der Waals surface area contributed by atoms with Crippen LogP contribution in [0.4, 0.5) is 11.4 Å². The molecule has 0 heterocycles. The fraction of sp³-hybridized carbons (Fsp3) is 0.333. The van der Waals surface area contributed by atoms with Crippen LogP contribution in [0, 0.1) is 0 Å². The first-order chi connectivity index (χ1) is 8.02. The fourth-order valence-corrected chi connectivity index (χ4v) is 1.19. The van der Waals surface area contributed by atoms with Crippen LogP contribution in [0.1, 0.15) is 13.8 Å². The average molecular weight is 236 g/mol. The van der Waals surface area contributed by atoms with Crippen LogP contribution in [0.3, 0.4) is 0 Å².